The summed E-state index contributed by atoms with van der Waals surface area (Å²) in [5.74, 6) is -0.609. The quantitative estimate of drug-likeness (QED) is 0.855. The van der Waals surface area contributed by atoms with E-state index in [-0.39, 0.29) is 6.42 Å². The van der Waals surface area contributed by atoms with Crippen LogP contribution in [0.25, 0.3) is 0 Å². The maximum atomic E-state index is 11.0. The molecule has 1 N–H and O–H groups in total. The summed E-state index contributed by atoms with van der Waals surface area (Å²) in [6.45, 7) is 1.98. The van der Waals surface area contributed by atoms with Crippen LogP contribution in [0.1, 0.15) is 11.1 Å². The fourth-order valence-electron chi connectivity index (χ4n) is 1.25. The second-order valence-electron chi connectivity index (χ2n) is 3.34. The first-order valence-corrected chi connectivity index (χ1v) is 5.35. The third-order valence-electron chi connectivity index (χ3n) is 2.10. The minimum Gasteiger partial charge on any atom is -0.467 e. The highest BCUT2D eigenvalue weighted by molar-refractivity contribution is 9.10. The Morgan fingerprint density at radius 2 is 2.27 bits per heavy atom. The molecule has 1 rings (SSSR count). The number of ether oxygens (including phenoxy) is 1. The predicted octanol–water partition coefficient (Wildman–Crippen LogP) is 1.83. The highest BCUT2D eigenvalue weighted by Gasteiger charge is 2.16. The molecule has 1 atom stereocenters. The van der Waals surface area contributed by atoms with Gasteiger partial charge < -0.3 is 9.84 Å². The van der Waals surface area contributed by atoms with Gasteiger partial charge in [0, 0.05) is 10.9 Å². The molecule has 0 bridgehead atoms. The van der Waals surface area contributed by atoms with Crippen molar-refractivity contribution in [2.24, 2.45) is 0 Å². The molecule has 0 saturated heterocycles. The Labute approximate surface area is 97.2 Å². The van der Waals surface area contributed by atoms with Gasteiger partial charge in [-0.1, -0.05) is 28.1 Å². The molecule has 15 heavy (non-hydrogen) atoms. The van der Waals surface area contributed by atoms with Crippen LogP contribution < -0.4 is 0 Å². The van der Waals surface area contributed by atoms with E-state index in [0.717, 1.165) is 15.6 Å². The smallest absolute Gasteiger partial charge is 0.335 e. The van der Waals surface area contributed by atoms with Crippen molar-refractivity contribution in [3.63, 3.8) is 0 Å². The van der Waals surface area contributed by atoms with E-state index >= 15 is 0 Å². The summed E-state index contributed by atoms with van der Waals surface area (Å²) in [4.78, 5) is 11.0. The van der Waals surface area contributed by atoms with Crippen LogP contribution in [0.5, 0.6) is 0 Å². The fraction of sp³-hybridized carbons (Fsp3) is 0.364. The maximum Gasteiger partial charge on any atom is 0.335 e. The molecule has 0 radical (unpaired) electrons. The molecule has 1 aromatic rings. The van der Waals surface area contributed by atoms with Crippen LogP contribution >= 0.6 is 15.9 Å². The summed E-state index contributed by atoms with van der Waals surface area (Å²) in [5, 5.41) is 9.47. The van der Waals surface area contributed by atoms with Crippen LogP contribution in [0.4, 0.5) is 0 Å². The number of benzene rings is 1. The first-order valence-electron chi connectivity index (χ1n) is 4.55. The summed E-state index contributed by atoms with van der Waals surface area (Å²) in [6, 6.07) is 5.76. The van der Waals surface area contributed by atoms with Crippen LogP contribution in [-0.4, -0.2) is 24.3 Å². The van der Waals surface area contributed by atoms with Gasteiger partial charge in [-0.3, -0.25) is 0 Å². The zero-order chi connectivity index (χ0) is 11.4. The lowest BCUT2D eigenvalue weighted by atomic mass is 10.1. The van der Waals surface area contributed by atoms with Crippen molar-refractivity contribution in [2.75, 3.05) is 7.11 Å². The molecule has 0 heterocycles. The number of esters is 1. The molecule has 0 spiro atoms. The van der Waals surface area contributed by atoms with E-state index < -0.39 is 12.1 Å². The van der Waals surface area contributed by atoms with E-state index in [0.29, 0.717) is 0 Å². The lowest BCUT2D eigenvalue weighted by molar-refractivity contribution is -0.150. The number of halogens is 1. The fourth-order valence-corrected chi connectivity index (χ4v) is 1.90. The largest absolute Gasteiger partial charge is 0.467 e. The standard InChI is InChI=1S/C11H13BrO3/c1-7-3-4-8(9(12)5-7)6-10(13)11(14)15-2/h3-5,10,13H,6H2,1-2H3. The summed E-state index contributed by atoms with van der Waals surface area (Å²) in [5.41, 5.74) is 2.01. The SMILES string of the molecule is COC(=O)C(O)Cc1ccc(C)cc1Br. The van der Waals surface area contributed by atoms with E-state index in [4.69, 9.17) is 0 Å². The van der Waals surface area contributed by atoms with E-state index in [9.17, 15) is 9.90 Å². The summed E-state index contributed by atoms with van der Waals surface area (Å²) >= 11 is 3.38. The molecular formula is C11H13BrO3. The number of hydrogen-bond donors (Lipinski definition) is 1. The molecule has 0 fully saturated rings. The average Bonchev–Trinajstić information content (AvgIpc) is 2.20. The van der Waals surface area contributed by atoms with Crippen molar-refractivity contribution in [2.45, 2.75) is 19.4 Å². The summed E-state index contributed by atoms with van der Waals surface area (Å²) in [6.07, 6.45) is -0.845. The monoisotopic (exact) mass is 272 g/mol. The lowest BCUT2D eigenvalue weighted by Gasteiger charge is -2.10. The van der Waals surface area contributed by atoms with E-state index in [1.165, 1.54) is 7.11 Å². The average molecular weight is 273 g/mol. The van der Waals surface area contributed by atoms with Gasteiger partial charge in [-0.25, -0.2) is 4.79 Å². The number of rotatable bonds is 3. The Morgan fingerprint density at radius 1 is 1.60 bits per heavy atom. The number of aryl methyl sites for hydroxylation is 1. The van der Waals surface area contributed by atoms with Gasteiger partial charge in [0.25, 0.3) is 0 Å². The minimum atomic E-state index is -1.10. The lowest BCUT2D eigenvalue weighted by Crippen LogP contribution is -2.24. The second-order valence-corrected chi connectivity index (χ2v) is 4.19. The molecule has 3 nitrogen and oxygen atoms in total. The van der Waals surface area contributed by atoms with Gasteiger partial charge in [-0.05, 0) is 24.1 Å². The Balaban J connectivity index is 2.76. The van der Waals surface area contributed by atoms with E-state index in [2.05, 4.69) is 20.7 Å². The molecule has 1 aromatic carbocycles. The number of hydrogen-bond acceptors (Lipinski definition) is 3. The molecule has 82 valence electrons. The molecule has 0 aliphatic heterocycles. The Hall–Kier alpha value is -0.870. The molecule has 1 unspecified atom stereocenters. The van der Waals surface area contributed by atoms with Gasteiger partial charge in [-0.15, -0.1) is 0 Å². The highest BCUT2D eigenvalue weighted by Crippen LogP contribution is 2.19. The van der Waals surface area contributed by atoms with Gasteiger partial charge in [0.15, 0.2) is 6.10 Å². The third-order valence-corrected chi connectivity index (χ3v) is 2.83. The Morgan fingerprint density at radius 3 is 2.80 bits per heavy atom. The first-order chi connectivity index (χ1) is 7.04. The van der Waals surface area contributed by atoms with Gasteiger partial charge in [-0.2, -0.15) is 0 Å². The predicted molar refractivity (Wildman–Crippen MR) is 60.6 cm³/mol. The van der Waals surface area contributed by atoms with Crippen molar-refractivity contribution >= 4 is 21.9 Å². The zero-order valence-corrected chi connectivity index (χ0v) is 10.2. The van der Waals surface area contributed by atoms with Crippen LogP contribution in [0.3, 0.4) is 0 Å². The van der Waals surface area contributed by atoms with Gasteiger partial charge in [0.1, 0.15) is 0 Å². The number of carbonyl (C=O) groups is 1. The van der Waals surface area contributed by atoms with Crippen molar-refractivity contribution in [3.8, 4) is 0 Å². The number of aliphatic hydroxyl groups is 1. The van der Waals surface area contributed by atoms with Crippen LogP contribution in [0.15, 0.2) is 22.7 Å². The summed E-state index contributed by atoms with van der Waals surface area (Å²) < 4.78 is 5.34. The Kier molecular flexibility index (Phi) is 4.29. The molecule has 0 saturated carbocycles. The van der Waals surface area contributed by atoms with Crippen LogP contribution in [0.2, 0.25) is 0 Å². The van der Waals surface area contributed by atoms with Crippen molar-refractivity contribution in [1.29, 1.82) is 0 Å². The Bertz CT molecular complexity index is 363. The molecule has 0 aliphatic rings. The van der Waals surface area contributed by atoms with Crippen LogP contribution in [0, 0.1) is 6.92 Å². The molecule has 0 aliphatic carbocycles. The molecule has 0 amide bonds. The molecule has 4 heteroatoms. The van der Waals surface area contributed by atoms with Crippen molar-refractivity contribution < 1.29 is 14.6 Å². The van der Waals surface area contributed by atoms with Gasteiger partial charge in [0.05, 0.1) is 7.11 Å². The van der Waals surface area contributed by atoms with Crippen molar-refractivity contribution in [3.05, 3.63) is 33.8 Å². The highest BCUT2D eigenvalue weighted by atomic mass is 79.9. The number of methoxy groups -OCH3 is 1. The summed E-state index contributed by atoms with van der Waals surface area (Å²) in [7, 11) is 1.26. The van der Waals surface area contributed by atoms with Crippen molar-refractivity contribution in [1.82, 2.24) is 0 Å². The first kappa shape index (κ1) is 12.2. The topological polar surface area (TPSA) is 46.5 Å². The number of carbonyl (C=O) groups excluding carboxylic acids is 1. The maximum absolute atomic E-state index is 11.0. The van der Waals surface area contributed by atoms with E-state index in [1.54, 1.807) is 0 Å². The zero-order valence-electron chi connectivity index (χ0n) is 8.66. The normalized spacial score (nSPS) is 12.3. The molecule has 0 aromatic heterocycles. The van der Waals surface area contributed by atoms with Crippen LogP contribution in [-0.2, 0) is 16.0 Å². The third kappa shape index (κ3) is 3.32. The van der Waals surface area contributed by atoms with E-state index in [1.807, 2.05) is 25.1 Å². The van der Waals surface area contributed by atoms with Gasteiger partial charge in [0.2, 0.25) is 0 Å². The number of aliphatic hydroxyl groups excluding tert-OH is 1. The molecular weight excluding hydrogens is 260 g/mol. The second kappa shape index (κ2) is 5.28. The van der Waals surface area contributed by atoms with Gasteiger partial charge >= 0.3 is 5.97 Å². The minimum absolute atomic E-state index is 0.257.